The summed E-state index contributed by atoms with van der Waals surface area (Å²) in [6.07, 6.45) is 0. The minimum atomic E-state index is -0.662. The molecular weight excluding hydrogens is 472 g/mol. The van der Waals surface area contributed by atoms with Crippen molar-refractivity contribution in [2.24, 2.45) is 0 Å². The normalized spacial score (nSPS) is 15.8. The summed E-state index contributed by atoms with van der Waals surface area (Å²) in [5.41, 5.74) is 1.89. The lowest BCUT2D eigenvalue weighted by atomic mass is 9.94. The van der Waals surface area contributed by atoms with Gasteiger partial charge < -0.3 is 20.7 Å². The number of nitrogens with one attached hydrogen (secondary N) is 3. The van der Waals surface area contributed by atoms with Crippen molar-refractivity contribution in [3.8, 4) is 5.75 Å². The number of anilines is 1. The van der Waals surface area contributed by atoms with Crippen molar-refractivity contribution in [2.75, 3.05) is 11.9 Å². The maximum Gasteiger partial charge on any atom is 0.283 e. The zero-order valence-corrected chi connectivity index (χ0v) is 18.6. The molecular formula is C20H19BrN4O4S. The van der Waals surface area contributed by atoms with Crippen LogP contribution in [0.3, 0.4) is 0 Å². The van der Waals surface area contributed by atoms with Crippen LogP contribution in [0, 0.1) is 10.1 Å². The van der Waals surface area contributed by atoms with Crippen molar-refractivity contribution in [3.05, 3.63) is 73.9 Å². The van der Waals surface area contributed by atoms with Crippen molar-refractivity contribution in [3.63, 3.8) is 0 Å². The highest BCUT2D eigenvalue weighted by molar-refractivity contribution is 9.10. The second-order valence-electron chi connectivity index (χ2n) is 6.42. The first-order chi connectivity index (χ1) is 14.3. The Bertz CT molecular complexity index is 1060. The van der Waals surface area contributed by atoms with Crippen molar-refractivity contribution >= 4 is 50.5 Å². The summed E-state index contributed by atoms with van der Waals surface area (Å²) < 4.78 is 5.92. The molecule has 0 radical (unpaired) electrons. The number of nitro groups is 1. The molecule has 0 saturated heterocycles. The predicted molar refractivity (Wildman–Crippen MR) is 121 cm³/mol. The van der Waals surface area contributed by atoms with Crippen LogP contribution < -0.4 is 20.7 Å². The van der Waals surface area contributed by atoms with Gasteiger partial charge >= 0.3 is 0 Å². The van der Waals surface area contributed by atoms with Gasteiger partial charge in [0, 0.05) is 11.8 Å². The van der Waals surface area contributed by atoms with E-state index in [0.717, 1.165) is 0 Å². The Morgan fingerprint density at radius 1 is 1.33 bits per heavy atom. The maximum absolute atomic E-state index is 13.2. The highest BCUT2D eigenvalue weighted by atomic mass is 79.9. The second-order valence-corrected chi connectivity index (χ2v) is 7.68. The van der Waals surface area contributed by atoms with Crippen LogP contribution in [0.1, 0.15) is 25.5 Å². The van der Waals surface area contributed by atoms with Gasteiger partial charge in [0.05, 0.1) is 33.3 Å². The van der Waals surface area contributed by atoms with Crippen molar-refractivity contribution < 1.29 is 14.5 Å². The van der Waals surface area contributed by atoms with Gasteiger partial charge in [-0.1, -0.05) is 18.2 Å². The van der Waals surface area contributed by atoms with Crippen LogP contribution in [0.2, 0.25) is 0 Å². The Kier molecular flexibility index (Phi) is 6.68. The number of ether oxygens (including phenoxy) is 1. The number of para-hydroxylation sites is 2. The lowest BCUT2D eigenvalue weighted by Gasteiger charge is -2.30. The predicted octanol–water partition coefficient (Wildman–Crippen LogP) is 4.19. The van der Waals surface area contributed by atoms with Gasteiger partial charge in [0.15, 0.2) is 5.11 Å². The monoisotopic (exact) mass is 490 g/mol. The Labute approximate surface area is 187 Å². The molecule has 0 saturated carbocycles. The Hall–Kier alpha value is -2.98. The zero-order valence-electron chi connectivity index (χ0n) is 16.2. The summed E-state index contributed by atoms with van der Waals surface area (Å²) in [6, 6.07) is 11.2. The number of thiocarbonyl (C=S) groups is 1. The third-order valence-corrected chi connectivity index (χ3v) is 5.34. The van der Waals surface area contributed by atoms with Gasteiger partial charge in [-0.05, 0) is 65.8 Å². The van der Waals surface area contributed by atoms with Gasteiger partial charge in [0.2, 0.25) is 0 Å². The number of halogens is 1. The number of rotatable bonds is 6. The Morgan fingerprint density at radius 2 is 2.07 bits per heavy atom. The van der Waals surface area contributed by atoms with Crippen LogP contribution in [-0.2, 0) is 4.79 Å². The average Bonchev–Trinajstić information content (AvgIpc) is 2.69. The molecule has 3 rings (SSSR count). The summed E-state index contributed by atoms with van der Waals surface area (Å²) in [5, 5.41) is 20.5. The van der Waals surface area contributed by atoms with Gasteiger partial charge in [0.1, 0.15) is 5.75 Å². The van der Waals surface area contributed by atoms with Crippen LogP contribution >= 0.6 is 28.1 Å². The van der Waals surface area contributed by atoms with Crippen molar-refractivity contribution in [1.29, 1.82) is 0 Å². The summed E-state index contributed by atoms with van der Waals surface area (Å²) in [5.74, 6) is 0.174. The van der Waals surface area contributed by atoms with Crippen molar-refractivity contribution in [2.45, 2.75) is 19.9 Å². The first-order valence-electron chi connectivity index (χ1n) is 9.07. The molecule has 10 heteroatoms. The molecule has 30 heavy (non-hydrogen) atoms. The number of carbonyl (C=O) groups is 1. The fourth-order valence-corrected chi connectivity index (χ4v) is 3.80. The SMILES string of the molecule is CCOc1ccccc1NC(=O)C1=C(C)NC(=S)NC1c1ccc(Br)c([N+](=O)[O-])c1. The van der Waals surface area contributed by atoms with Crippen LogP contribution in [-0.4, -0.2) is 22.5 Å². The lowest BCUT2D eigenvalue weighted by molar-refractivity contribution is -0.385. The first-order valence-corrected chi connectivity index (χ1v) is 10.3. The molecule has 1 unspecified atom stereocenters. The number of hydrogen-bond donors (Lipinski definition) is 3. The quantitative estimate of drug-likeness (QED) is 0.316. The minimum absolute atomic E-state index is 0.0992. The smallest absolute Gasteiger partial charge is 0.283 e. The van der Waals surface area contributed by atoms with Crippen LogP contribution in [0.5, 0.6) is 5.75 Å². The van der Waals surface area contributed by atoms with E-state index in [-0.39, 0.29) is 11.6 Å². The average molecular weight is 491 g/mol. The van der Waals surface area contributed by atoms with E-state index in [0.29, 0.717) is 44.5 Å². The molecule has 0 aliphatic carbocycles. The van der Waals surface area contributed by atoms with E-state index in [4.69, 9.17) is 17.0 Å². The summed E-state index contributed by atoms with van der Waals surface area (Å²) in [4.78, 5) is 24.1. The van der Waals surface area contributed by atoms with Gasteiger partial charge in [-0.15, -0.1) is 0 Å². The van der Waals surface area contributed by atoms with E-state index in [1.807, 2.05) is 13.0 Å². The first kappa shape index (κ1) is 21.7. The molecule has 0 aromatic heterocycles. The number of carbonyl (C=O) groups excluding carboxylic acids is 1. The van der Waals surface area contributed by atoms with E-state index in [1.165, 1.54) is 6.07 Å². The molecule has 2 aromatic carbocycles. The lowest BCUT2D eigenvalue weighted by Crippen LogP contribution is -2.45. The molecule has 2 aromatic rings. The van der Waals surface area contributed by atoms with Gasteiger partial charge in [-0.25, -0.2) is 0 Å². The highest BCUT2D eigenvalue weighted by Gasteiger charge is 2.31. The van der Waals surface area contributed by atoms with E-state index < -0.39 is 11.0 Å². The second kappa shape index (κ2) is 9.23. The number of nitrogens with zero attached hydrogens (tertiary/aromatic N) is 1. The number of benzene rings is 2. The molecule has 1 atom stereocenters. The van der Waals surface area contributed by atoms with Crippen LogP contribution in [0.15, 0.2) is 58.2 Å². The number of amides is 1. The Balaban J connectivity index is 2.00. The topological polar surface area (TPSA) is 106 Å². The van der Waals surface area contributed by atoms with E-state index >= 15 is 0 Å². The highest BCUT2D eigenvalue weighted by Crippen LogP contribution is 2.34. The zero-order chi connectivity index (χ0) is 21.8. The van der Waals surface area contributed by atoms with Crippen LogP contribution in [0.25, 0.3) is 0 Å². The van der Waals surface area contributed by atoms with E-state index in [2.05, 4.69) is 31.9 Å². The van der Waals surface area contributed by atoms with E-state index in [1.54, 1.807) is 37.3 Å². The maximum atomic E-state index is 13.2. The molecule has 1 aliphatic rings. The molecule has 1 heterocycles. The largest absolute Gasteiger partial charge is 0.492 e. The molecule has 156 valence electrons. The molecule has 0 bridgehead atoms. The van der Waals surface area contributed by atoms with Gasteiger partial charge in [-0.2, -0.15) is 0 Å². The fraction of sp³-hybridized carbons (Fsp3) is 0.200. The van der Waals surface area contributed by atoms with E-state index in [9.17, 15) is 14.9 Å². The third kappa shape index (κ3) is 4.60. The molecule has 8 nitrogen and oxygen atoms in total. The van der Waals surface area contributed by atoms with Crippen molar-refractivity contribution in [1.82, 2.24) is 10.6 Å². The molecule has 1 amide bonds. The molecule has 1 aliphatic heterocycles. The Morgan fingerprint density at radius 3 is 2.77 bits per heavy atom. The molecule has 3 N–H and O–H groups in total. The molecule has 0 fully saturated rings. The summed E-state index contributed by atoms with van der Waals surface area (Å²) >= 11 is 8.43. The summed E-state index contributed by atoms with van der Waals surface area (Å²) in [7, 11) is 0. The third-order valence-electron chi connectivity index (χ3n) is 4.45. The van der Waals surface area contributed by atoms with Crippen LogP contribution in [0.4, 0.5) is 11.4 Å². The standard InChI is InChI=1S/C20H19BrN4O4S/c1-3-29-16-7-5-4-6-14(16)23-19(26)17-11(2)22-20(30)24-18(17)12-8-9-13(21)15(10-12)25(27)28/h4-10,18H,3H2,1-2H3,(H,23,26)(H2,22,24,30). The minimum Gasteiger partial charge on any atom is -0.492 e. The number of allylic oxidation sites excluding steroid dienone is 1. The number of nitro benzene ring substituents is 1. The number of hydrogen-bond acceptors (Lipinski definition) is 5. The fourth-order valence-electron chi connectivity index (χ4n) is 3.13. The molecule has 0 spiro atoms. The van der Waals surface area contributed by atoms with Gasteiger partial charge in [-0.3, -0.25) is 14.9 Å². The van der Waals surface area contributed by atoms with Gasteiger partial charge in [0.25, 0.3) is 11.6 Å². The summed E-state index contributed by atoms with van der Waals surface area (Å²) in [6.45, 7) is 4.05.